The highest BCUT2D eigenvalue weighted by molar-refractivity contribution is 5.80. The first-order valence-electron chi connectivity index (χ1n) is 28.6. The number of nitrogens with one attached hydrogen (secondary N) is 1. The Balaban J connectivity index is 2.73. The van der Waals surface area contributed by atoms with E-state index < -0.39 is 67.4 Å². The van der Waals surface area contributed by atoms with Crippen LogP contribution in [0.3, 0.4) is 0 Å². The normalized spacial score (nSPS) is 20.0. The number of rotatable bonds is 48. The Kier molecular flexibility index (Phi) is 43.6. The van der Waals surface area contributed by atoms with E-state index in [4.69, 9.17) is 14.2 Å². The fourth-order valence-electron chi connectivity index (χ4n) is 9.00. The second-order valence-electron chi connectivity index (χ2n) is 20.0. The number of hydrogen-bond donors (Lipinski definition) is 6. The molecule has 0 radical (unpaired) electrons. The monoisotopic (exact) mass is 966 g/mol. The third-order valence-corrected chi connectivity index (χ3v) is 13.6. The summed E-state index contributed by atoms with van der Waals surface area (Å²) in [6, 6.07) is -1.02. The molecule has 1 rings (SSSR count). The van der Waals surface area contributed by atoms with Gasteiger partial charge in [-0.2, -0.15) is 0 Å². The average molecular weight is 966 g/mol. The molecule has 0 bridgehead atoms. The first kappa shape index (κ1) is 64.2. The summed E-state index contributed by atoms with van der Waals surface area (Å²) >= 11 is 0. The third-order valence-electron chi connectivity index (χ3n) is 13.6. The summed E-state index contributed by atoms with van der Waals surface area (Å²) in [5, 5.41) is 56.7. The second-order valence-corrected chi connectivity index (χ2v) is 20.0. The predicted molar refractivity (Wildman–Crippen MR) is 278 cm³/mol. The second kappa shape index (κ2) is 46.2. The highest BCUT2D eigenvalue weighted by Crippen LogP contribution is 2.26. The lowest BCUT2D eigenvalue weighted by atomic mass is 9.99. The molecule has 6 N–H and O–H groups in total. The van der Waals surface area contributed by atoms with Crippen molar-refractivity contribution in [1.29, 1.82) is 0 Å². The van der Waals surface area contributed by atoms with E-state index in [2.05, 4.69) is 38.2 Å². The fourth-order valence-corrected chi connectivity index (χ4v) is 9.00. The van der Waals surface area contributed by atoms with Crippen LogP contribution in [0, 0.1) is 0 Å². The zero-order valence-electron chi connectivity index (χ0n) is 44.0. The number of esters is 1. The van der Waals surface area contributed by atoms with Gasteiger partial charge in [0, 0.05) is 6.42 Å². The van der Waals surface area contributed by atoms with Gasteiger partial charge in [0.2, 0.25) is 5.91 Å². The largest absolute Gasteiger partial charge is 0.454 e. The van der Waals surface area contributed by atoms with Gasteiger partial charge in [-0.25, -0.2) is 0 Å². The molecule has 1 aliphatic heterocycles. The average Bonchev–Trinajstić information content (AvgIpc) is 3.33. The molecule has 0 aromatic rings. The minimum atomic E-state index is -1.61. The van der Waals surface area contributed by atoms with E-state index in [0.717, 1.165) is 64.2 Å². The van der Waals surface area contributed by atoms with Gasteiger partial charge in [0.1, 0.15) is 24.4 Å². The fraction of sp³-hybridized carbons (Fsp3) is 0.895. The van der Waals surface area contributed by atoms with Gasteiger partial charge in [-0.05, 0) is 51.4 Å². The number of carbonyl (C=O) groups is 2. The molecule has 400 valence electrons. The molecular formula is C57H107NO10. The van der Waals surface area contributed by atoms with Crippen LogP contribution < -0.4 is 5.32 Å². The molecule has 0 spiro atoms. The van der Waals surface area contributed by atoms with Crippen molar-refractivity contribution in [3.8, 4) is 0 Å². The predicted octanol–water partition coefficient (Wildman–Crippen LogP) is 12.6. The number of carbonyl (C=O) groups excluding carboxylic acids is 2. The maximum atomic E-state index is 13.3. The Morgan fingerprint density at radius 3 is 1.43 bits per heavy atom. The zero-order valence-corrected chi connectivity index (χ0v) is 44.0. The van der Waals surface area contributed by atoms with Crippen molar-refractivity contribution in [3.05, 3.63) is 24.3 Å². The molecule has 1 amide bonds. The van der Waals surface area contributed by atoms with Crippen molar-refractivity contribution in [1.82, 2.24) is 5.32 Å². The van der Waals surface area contributed by atoms with Crippen molar-refractivity contribution in [2.45, 2.75) is 314 Å². The lowest BCUT2D eigenvalue weighted by Crippen LogP contribution is -2.61. The molecule has 0 aromatic carbocycles. The van der Waals surface area contributed by atoms with Crippen molar-refractivity contribution in [3.63, 3.8) is 0 Å². The standard InChI is InChI=1S/C57H107NO10/c1-4-7-10-13-16-19-22-24-26-29-32-35-38-41-44-50(61)56(65)58-48(49(60)43-40-37-34-31-28-21-18-15-12-9-6-3)47-66-57-55(54(64)53(63)51(46-59)67-57)68-52(62)45-42-39-36-33-30-27-25-23-20-17-14-11-8-5-2/h27,30,40,43,48-51,53-55,57,59-61,63-64H,4-26,28-29,31-39,41-42,44-47H2,1-3H3,(H,58,65)/b30-27-,43-40+. The van der Waals surface area contributed by atoms with Crippen LogP contribution >= 0.6 is 0 Å². The topological polar surface area (TPSA) is 175 Å². The molecule has 1 heterocycles. The van der Waals surface area contributed by atoms with Gasteiger partial charge in [-0.3, -0.25) is 9.59 Å². The summed E-state index contributed by atoms with van der Waals surface area (Å²) < 4.78 is 17.5. The molecule has 0 aliphatic carbocycles. The summed E-state index contributed by atoms with van der Waals surface area (Å²) in [5.41, 5.74) is 0. The molecule has 8 atom stereocenters. The molecule has 1 aliphatic rings. The van der Waals surface area contributed by atoms with Crippen LogP contribution in [0.15, 0.2) is 24.3 Å². The van der Waals surface area contributed by atoms with Crippen molar-refractivity contribution >= 4 is 11.9 Å². The van der Waals surface area contributed by atoms with Crippen LogP contribution in [-0.2, 0) is 23.8 Å². The Morgan fingerprint density at radius 2 is 0.971 bits per heavy atom. The number of hydrogen-bond acceptors (Lipinski definition) is 10. The van der Waals surface area contributed by atoms with E-state index in [1.54, 1.807) is 6.08 Å². The smallest absolute Gasteiger partial charge is 0.306 e. The van der Waals surface area contributed by atoms with Crippen LogP contribution in [-0.4, -0.2) is 99.6 Å². The molecule has 11 heteroatoms. The van der Waals surface area contributed by atoms with Gasteiger partial charge in [-0.15, -0.1) is 0 Å². The van der Waals surface area contributed by atoms with Crippen LogP contribution in [0.2, 0.25) is 0 Å². The summed E-state index contributed by atoms with van der Waals surface area (Å²) in [5.74, 6) is -1.20. The Morgan fingerprint density at radius 1 is 0.559 bits per heavy atom. The zero-order chi connectivity index (χ0) is 49.7. The van der Waals surface area contributed by atoms with E-state index in [-0.39, 0.29) is 13.0 Å². The molecule has 68 heavy (non-hydrogen) atoms. The van der Waals surface area contributed by atoms with Crippen LogP contribution in [0.5, 0.6) is 0 Å². The third kappa shape index (κ3) is 34.5. The molecule has 11 nitrogen and oxygen atoms in total. The van der Waals surface area contributed by atoms with Crippen molar-refractivity contribution < 1.29 is 49.3 Å². The Bertz CT molecular complexity index is 1200. The number of allylic oxidation sites excluding steroid dienone is 3. The minimum Gasteiger partial charge on any atom is -0.454 e. The van der Waals surface area contributed by atoms with E-state index in [9.17, 15) is 35.1 Å². The molecule has 0 aromatic heterocycles. The number of unbranched alkanes of at least 4 members (excludes halogenated alkanes) is 32. The van der Waals surface area contributed by atoms with Crippen LogP contribution in [0.4, 0.5) is 0 Å². The van der Waals surface area contributed by atoms with Gasteiger partial charge in [-0.1, -0.05) is 231 Å². The number of ether oxygens (including phenoxy) is 3. The molecule has 1 saturated heterocycles. The van der Waals surface area contributed by atoms with Gasteiger partial charge in [0.05, 0.1) is 25.4 Å². The highest BCUT2D eigenvalue weighted by atomic mass is 16.7. The van der Waals surface area contributed by atoms with Crippen LogP contribution in [0.1, 0.15) is 265 Å². The van der Waals surface area contributed by atoms with E-state index >= 15 is 0 Å². The number of aliphatic hydroxyl groups excluding tert-OH is 5. The number of aliphatic hydroxyl groups is 5. The van der Waals surface area contributed by atoms with E-state index in [1.165, 1.54) is 154 Å². The summed E-state index contributed by atoms with van der Waals surface area (Å²) in [7, 11) is 0. The van der Waals surface area contributed by atoms with Crippen LogP contribution in [0.25, 0.3) is 0 Å². The molecule has 8 unspecified atom stereocenters. The molecule has 0 saturated carbocycles. The first-order chi connectivity index (χ1) is 33.2. The SMILES string of the molecule is CCCCCCCCC/C=C\CCCCCC(=O)OC1C(OCC(NC(=O)C(O)CCCCCCCCCCCCCCCC)C(O)/C=C/CCCCCCCCCCC)OC(CO)C(O)C1O. The van der Waals surface area contributed by atoms with Gasteiger partial charge >= 0.3 is 5.97 Å². The quantitative estimate of drug-likeness (QED) is 0.0196. The van der Waals surface area contributed by atoms with E-state index in [1.807, 2.05) is 6.08 Å². The van der Waals surface area contributed by atoms with Gasteiger partial charge in [0.15, 0.2) is 12.4 Å². The first-order valence-corrected chi connectivity index (χ1v) is 28.6. The highest BCUT2D eigenvalue weighted by Gasteiger charge is 2.47. The Labute approximate surface area is 416 Å². The minimum absolute atomic E-state index is 0.107. The van der Waals surface area contributed by atoms with Crippen molar-refractivity contribution in [2.75, 3.05) is 13.2 Å². The summed E-state index contributed by atoms with van der Waals surface area (Å²) in [4.78, 5) is 26.4. The van der Waals surface area contributed by atoms with Gasteiger partial charge in [0.25, 0.3) is 0 Å². The Hall–Kier alpha value is -1.86. The maximum absolute atomic E-state index is 13.3. The number of amides is 1. The van der Waals surface area contributed by atoms with Gasteiger partial charge < -0.3 is 45.1 Å². The van der Waals surface area contributed by atoms with Crippen molar-refractivity contribution in [2.24, 2.45) is 0 Å². The summed E-state index contributed by atoms with van der Waals surface area (Å²) in [6.45, 7) is 5.77. The molecule has 1 fully saturated rings. The lowest BCUT2D eigenvalue weighted by molar-refractivity contribution is -0.305. The summed E-state index contributed by atoms with van der Waals surface area (Å²) in [6.07, 6.45) is 40.8. The lowest BCUT2D eigenvalue weighted by Gasteiger charge is -2.41. The molecular weight excluding hydrogens is 859 g/mol. The van der Waals surface area contributed by atoms with E-state index in [0.29, 0.717) is 19.3 Å². The maximum Gasteiger partial charge on any atom is 0.306 e.